The average Bonchev–Trinajstić information content (AvgIpc) is 3.53. The van der Waals surface area contributed by atoms with E-state index >= 15 is 0 Å². The molecule has 6 aromatic rings. The maximum Gasteiger partial charge on any atom is 0.161 e. The highest BCUT2D eigenvalue weighted by atomic mass is 15.1. The Bertz CT molecular complexity index is 1700. The van der Waals surface area contributed by atoms with Crippen molar-refractivity contribution in [3.05, 3.63) is 85.6 Å². The number of para-hydroxylation sites is 1. The summed E-state index contributed by atoms with van der Waals surface area (Å²) in [5.41, 5.74) is 9.71. The van der Waals surface area contributed by atoms with E-state index in [9.17, 15) is 0 Å². The normalized spacial score (nSPS) is 11.2. The van der Waals surface area contributed by atoms with E-state index in [0.717, 1.165) is 68.7 Å². The number of nitrogens with zero attached hydrogens (tertiary/aromatic N) is 5. The smallest absolute Gasteiger partial charge is 0.161 e. The van der Waals surface area contributed by atoms with Crippen LogP contribution in [0.15, 0.2) is 85.6 Å². The molecule has 0 saturated carbocycles. The second-order valence-corrected chi connectivity index (χ2v) is 8.63. The van der Waals surface area contributed by atoms with Gasteiger partial charge in [0.15, 0.2) is 11.5 Å². The summed E-state index contributed by atoms with van der Waals surface area (Å²) >= 11 is 0. The van der Waals surface area contributed by atoms with Crippen molar-refractivity contribution in [3.8, 4) is 33.9 Å². The lowest BCUT2D eigenvalue weighted by Crippen LogP contribution is -1.98. The van der Waals surface area contributed by atoms with Crippen molar-refractivity contribution >= 4 is 27.8 Å². The van der Waals surface area contributed by atoms with Crippen LogP contribution in [0.2, 0.25) is 0 Å². The fourth-order valence-electron chi connectivity index (χ4n) is 4.35. The van der Waals surface area contributed by atoms with Crippen LogP contribution in [0.5, 0.6) is 0 Å². The molecular weight excluding hydrogens is 448 g/mol. The summed E-state index contributed by atoms with van der Waals surface area (Å²) in [6.45, 7) is 6.21. The third-order valence-corrected chi connectivity index (χ3v) is 6.04. The largest absolute Gasteiger partial charge is 0.358 e. The molecule has 0 radical (unpaired) electrons. The van der Waals surface area contributed by atoms with E-state index in [-0.39, 0.29) is 0 Å². The topological polar surface area (TPSA) is 108 Å². The zero-order chi connectivity index (χ0) is 24.5. The summed E-state index contributed by atoms with van der Waals surface area (Å²) in [6, 6.07) is 16.0. The van der Waals surface area contributed by atoms with Crippen LogP contribution < -0.4 is 5.32 Å². The molecule has 0 aliphatic rings. The first-order chi connectivity index (χ1) is 17.7. The van der Waals surface area contributed by atoms with E-state index in [1.165, 1.54) is 0 Å². The van der Waals surface area contributed by atoms with Crippen LogP contribution in [0.25, 0.3) is 56.0 Å². The molecular formula is C28H24N8. The van der Waals surface area contributed by atoms with Gasteiger partial charge in [0.25, 0.3) is 0 Å². The van der Waals surface area contributed by atoms with Crippen molar-refractivity contribution in [2.45, 2.75) is 19.8 Å². The molecule has 0 amide bonds. The monoisotopic (exact) mass is 472 g/mol. The Morgan fingerprint density at radius 3 is 2.67 bits per heavy atom. The highest BCUT2D eigenvalue weighted by Crippen LogP contribution is 2.32. The van der Waals surface area contributed by atoms with E-state index in [0.29, 0.717) is 11.5 Å². The van der Waals surface area contributed by atoms with E-state index in [4.69, 9.17) is 9.97 Å². The maximum atomic E-state index is 4.94. The van der Waals surface area contributed by atoms with Crippen molar-refractivity contribution in [1.29, 1.82) is 0 Å². The molecule has 0 spiro atoms. The fourth-order valence-corrected chi connectivity index (χ4v) is 4.35. The molecule has 5 aromatic heterocycles. The van der Waals surface area contributed by atoms with Gasteiger partial charge in [-0.25, -0.2) is 9.97 Å². The fraction of sp³-hybridized carbons (Fsp3) is 0.107. The third-order valence-electron chi connectivity index (χ3n) is 6.04. The number of pyridine rings is 3. The van der Waals surface area contributed by atoms with Crippen LogP contribution in [0, 0.1) is 0 Å². The average molecular weight is 473 g/mol. The van der Waals surface area contributed by atoms with Crippen molar-refractivity contribution in [2.75, 3.05) is 5.32 Å². The number of imidazole rings is 1. The number of hydrogen-bond donors (Lipinski definition) is 3. The minimum atomic E-state index is 0.659. The molecule has 0 fully saturated rings. The predicted molar refractivity (Wildman–Crippen MR) is 143 cm³/mol. The molecule has 0 atom stereocenters. The first-order valence-corrected chi connectivity index (χ1v) is 11.8. The quantitative estimate of drug-likeness (QED) is 0.250. The Morgan fingerprint density at radius 1 is 0.917 bits per heavy atom. The number of H-pyrrole nitrogens is 2. The van der Waals surface area contributed by atoms with E-state index < -0.39 is 0 Å². The third kappa shape index (κ3) is 3.98. The molecule has 1 aromatic carbocycles. The van der Waals surface area contributed by atoms with Gasteiger partial charge in [0.05, 0.1) is 34.1 Å². The number of rotatable bonds is 7. The van der Waals surface area contributed by atoms with Crippen molar-refractivity contribution < 1.29 is 0 Å². The van der Waals surface area contributed by atoms with Gasteiger partial charge in [-0.1, -0.05) is 32.1 Å². The molecule has 176 valence electrons. The molecule has 0 bridgehead atoms. The number of allylic oxidation sites excluding steroid dienone is 1. The summed E-state index contributed by atoms with van der Waals surface area (Å²) < 4.78 is 0. The summed E-state index contributed by atoms with van der Waals surface area (Å²) in [5.74, 6) is 0.659. The Balaban J connectivity index is 1.40. The Kier molecular flexibility index (Phi) is 5.46. The standard InChI is InChI=1S/C28H24N8/c1-3-5-17(2)31-20-14-19(15-30-16-20)22-8-9-24-26(32-22)27(36-35-24)28-33-23-7-4-6-21(25(23)34-28)18-10-12-29-13-11-18/h4,6-16,31H,2-3,5H2,1H3,(H,33,34)(H,35,36). The number of nitrogens with one attached hydrogen (secondary N) is 3. The lowest BCUT2D eigenvalue weighted by Gasteiger charge is -2.09. The first kappa shape index (κ1) is 21.7. The Hall–Kier alpha value is -4.85. The van der Waals surface area contributed by atoms with Crippen molar-refractivity contribution in [1.82, 2.24) is 35.1 Å². The number of anilines is 1. The van der Waals surface area contributed by atoms with Gasteiger partial charge in [-0.2, -0.15) is 5.10 Å². The van der Waals surface area contributed by atoms with Crippen LogP contribution in [0.4, 0.5) is 5.69 Å². The van der Waals surface area contributed by atoms with Gasteiger partial charge in [-0.3, -0.25) is 15.1 Å². The highest BCUT2D eigenvalue weighted by Gasteiger charge is 2.17. The van der Waals surface area contributed by atoms with Crippen LogP contribution in [-0.2, 0) is 0 Å². The molecule has 0 saturated heterocycles. The Morgan fingerprint density at radius 2 is 1.81 bits per heavy atom. The number of aromatic amines is 2. The van der Waals surface area contributed by atoms with Gasteiger partial charge in [-0.05, 0) is 48.4 Å². The van der Waals surface area contributed by atoms with Gasteiger partial charge in [-0.15, -0.1) is 0 Å². The summed E-state index contributed by atoms with van der Waals surface area (Å²) in [7, 11) is 0. The van der Waals surface area contributed by atoms with E-state index in [1.807, 2.05) is 48.7 Å². The van der Waals surface area contributed by atoms with Crippen LogP contribution in [0.1, 0.15) is 19.8 Å². The maximum absolute atomic E-state index is 4.94. The number of aromatic nitrogens is 7. The Labute approximate surface area is 207 Å². The molecule has 0 unspecified atom stereocenters. The van der Waals surface area contributed by atoms with Crippen molar-refractivity contribution in [3.63, 3.8) is 0 Å². The second-order valence-electron chi connectivity index (χ2n) is 8.63. The van der Waals surface area contributed by atoms with Gasteiger partial charge in [0, 0.05) is 35.4 Å². The summed E-state index contributed by atoms with van der Waals surface area (Å²) in [6.07, 6.45) is 9.12. The number of hydrogen-bond acceptors (Lipinski definition) is 6. The first-order valence-electron chi connectivity index (χ1n) is 11.8. The zero-order valence-electron chi connectivity index (χ0n) is 19.8. The summed E-state index contributed by atoms with van der Waals surface area (Å²) in [4.78, 5) is 21.8. The molecule has 5 heterocycles. The van der Waals surface area contributed by atoms with E-state index in [2.05, 4.69) is 50.0 Å². The minimum absolute atomic E-state index is 0.659. The minimum Gasteiger partial charge on any atom is -0.358 e. The molecule has 3 N–H and O–H groups in total. The molecule has 36 heavy (non-hydrogen) atoms. The highest BCUT2D eigenvalue weighted by molar-refractivity contribution is 5.96. The van der Waals surface area contributed by atoms with Crippen molar-refractivity contribution in [2.24, 2.45) is 0 Å². The molecule has 0 aliphatic heterocycles. The SMILES string of the molecule is C=C(CCC)Nc1cncc(-c2ccc3[nH]nc(-c4nc5c(-c6ccncc6)cccc5[nH]4)c3n2)c1. The lowest BCUT2D eigenvalue weighted by molar-refractivity contribution is 0.913. The molecule has 8 nitrogen and oxygen atoms in total. The molecule has 6 rings (SSSR count). The molecule has 8 heteroatoms. The predicted octanol–water partition coefficient (Wildman–Crippen LogP) is 6.35. The van der Waals surface area contributed by atoms with Gasteiger partial charge in [0.1, 0.15) is 5.52 Å². The van der Waals surface area contributed by atoms with E-state index in [1.54, 1.807) is 18.6 Å². The van der Waals surface area contributed by atoms with Crippen LogP contribution >= 0.6 is 0 Å². The number of fused-ring (bicyclic) bond motifs is 2. The van der Waals surface area contributed by atoms with Gasteiger partial charge < -0.3 is 10.3 Å². The van der Waals surface area contributed by atoms with Gasteiger partial charge >= 0.3 is 0 Å². The van der Waals surface area contributed by atoms with Gasteiger partial charge in [0.2, 0.25) is 0 Å². The second kappa shape index (κ2) is 9.07. The zero-order valence-corrected chi connectivity index (χ0v) is 19.8. The van der Waals surface area contributed by atoms with Crippen LogP contribution in [-0.4, -0.2) is 35.1 Å². The summed E-state index contributed by atoms with van der Waals surface area (Å²) in [5, 5.41) is 11.0. The number of benzene rings is 1. The lowest BCUT2D eigenvalue weighted by atomic mass is 10.1. The van der Waals surface area contributed by atoms with Crippen LogP contribution in [0.3, 0.4) is 0 Å². The molecule has 0 aliphatic carbocycles.